The topological polar surface area (TPSA) is 94.8 Å². The number of hydrogen-bond acceptors (Lipinski definition) is 3. The molecule has 0 aliphatic carbocycles. The van der Waals surface area contributed by atoms with Gasteiger partial charge in [-0.15, -0.1) is 0 Å². The van der Waals surface area contributed by atoms with Gasteiger partial charge in [0, 0.05) is 0 Å². The van der Waals surface area contributed by atoms with Crippen LogP contribution in [0.2, 0.25) is 0 Å². The van der Waals surface area contributed by atoms with E-state index in [4.69, 9.17) is 5.11 Å². The Labute approximate surface area is 121 Å². The second-order valence-electron chi connectivity index (χ2n) is 4.61. The Morgan fingerprint density at radius 1 is 0.857 bits per heavy atom. The van der Waals surface area contributed by atoms with Crippen molar-refractivity contribution in [1.29, 1.82) is 0 Å². The highest BCUT2D eigenvalue weighted by molar-refractivity contribution is 5.94. The molecule has 0 aliphatic rings. The Hall–Kier alpha value is -2.82. The van der Waals surface area contributed by atoms with Gasteiger partial charge in [0.05, 0.1) is 11.1 Å². The van der Waals surface area contributed by atoms with E-state index in [1.54, 1.807) is 24.3 Å². The fourth-order valence-electron chi connectivity index (χ4n) is 2.12. The van der Waals surface area contributed by atoms with Gasteiger partial charge in [-0.1, -0.05) is 24.3 Å². The van der Waals surface area contributed by atoms with Crippen LogP contribution in [0.3, 0.4) is 0 Å². The van der Waals surface area contributed by atoms with Crippen molar-refractivity contribution in [2.24, 2.45) is 0 Å². The molecule has 0 saturated heterocycles. The summed E-state index contributed by atoms with van der Waals surface area (Å²) in [5.41, 5.74) is 1.18. The normalized spacial score (nSPS) is 10.3. The molecule has 0 aromatic heterocycles. The van der Waals surface area contributed by atoms with Gasteiger partial charge < -0.3 is 15.3 Å². The Kier molecular flexibility index (Phi) is 4.23. The SMILES string of the molecule is O=C(O)c1ccc(CCc2ccccc2O)c(C(=O)O)c1. The number of aromatic carboxylic acids is 2. The molecule has 0 fully saturated rings. The molecule has 0 bridgehead atoms. The third-order valence-electron chi connectivity index (χ3n) is 3.24. The van der Waals surface area contributed by atoms with E-state index in [2.05, 4.69) is 0 Å². The molecule has 0 heterocycles. The highest BCUT2D eigenvalue weighted by Crippen LogP contribution is 2.20. The first kappa shape index (κ1) is 14.6. The number of benzene rings is 2. The average molecular weight is 286 g/mol. The molecule has 0 atom stereocenters. The number of carboxylic acids is 2. The lowest BCUT2D eigenvalue weighted by Crippen LogP contribution is -2.07. The zero-order chi connectivity index (χ0) is 15.4. The maximum Gasteiger partial charge on any atom is 0.335 e. The minimum Gasteiger partial charge on any atom is -0.508 e. The summed E-state index contributed by atoms with van der Waals surface area (Å²) >= 11 is 0. The summed E-state index contributed by atoms with van der Waals surface area (Å²) in [4.78, 5) is 22.1. The molecular formula is C16H14O5. The summed E-state index contributed by atoms with van der Waals surface area (Å²) in [5.74, 6) is -2.16. The highest BCUT2D eigenvalue weighted by Gasteiger charge is 2.14. The second kappa shape index (κ2) is 6.09. The van der Waals surface area contributed by atoms with E-state index >= 15 is 0 Å². The number of carboxylic acid groups (broad SMARTS) is 2. The molecule has 5 heteroatoms. The quantitative estimate of drug-likeness (QED) is 0.785. The van der Waals surface area contributed by atoms with Crippen molar-refractivity contribution in [2.75, 3.05) is 0 Å². The largest absolute Gasteiger partial charge is 0.508 e. The molecule has 2 rings (SSSR count). The van der Waals surface area contributed by atoms with E-state index in [1.165, 1.54) is 12.1 Å². The summed E-state index contributed by atoms with van der Waals surface area (Å²) in [6, 6.07) is 10.9. The van der Waals surface area contributed by atoms with Crippen LogP contribution in [0.5, 0.6) is 5.75 Å². The lowest BCUT2D eigenvalue weighted by atomic mass is 9.97. The van der Waals surface area contributed by atoms with Crippen molar-refractivity contribution < 1.29 is 24.9 Å². The average Bonchev–Trinajstić information content (AvgIpc) is 2.46. The highest BCUT2D eigenvalue weighted by atomic mass is 16.4. The molecule has 0 amide bonds. The molecule has 2 aromatic rings. The van der Waals surface area contributed by atoms with E-state index in [1.807, 2.05) is 0 Å². The zero-order valence-corrected chi connectivity index (χ0v) is 11.1. The molecule has 3 N–H and O–H groups in total. The van der Waals surface area contributed by atoms with Crippen molar-refractivity contribution in [3.63, 3.8) is 0 Å². The fraction of sp³-hybridized carbons (Fsp3) is 0.125. The molecule has 0 radical (unpaired) electrons. The van der Waals surface area contributed by atoms with Crippen molar-refractivity contribution in [1.82, 2.24) is 0 Å². The first-order valence-corrected chi connectivity index (χ1v) is 6.35. The molecule has 21 heavy (non-hydrogen) atoms. The van der Waals surface area contributed by atoms with Crippen LogP contribution in [-0.2, 0) is 12.8 Å². The van der Waals surface area contributed by atoms with E-state index in [9.17, 15) is 19.8 Å². The third-order valence-corrected chi connectivity index (χ3v) is 3.24. The van der Waals surface area contributed by atoms with Crippen LogP contribution >= 0.6 is 0 Å². The maximum atomic E-state index is 11.2. The number of hydrogen-bond donors (Lipinski definition) is 3. The molecule has 0 aliphatic heterocycles. The minimum atomic E-state index is -1.16. The molecule has 0 spiro atoms. The number of rotatable bonds is 5. The van der Waals surface area contributed by atoms with Crippen LogP contribution in [0.25, 0.3) is 0 Å². The van der Waals surface area contributed by atoms with Crippen molar-refractivity contribution in [3.8, 4) is 5.75 Å². The predicted octanol–water partition coefficient (Wildman–Crippen LogP) is 2.57. The van der Waals surface area contributed by atoms with Crippen LogP contribution in [0.1, 0.15) is 31.8 Å². The van der Waals surface area contributed by atoms with Crippen LogP contribution in [0.15, 0.2) is 42.5 Å². The molecular weight excluding hydrogens is 272 g/mol. The van der Waals surface area contributed by atoms with E-state index in [0.717, 1.165) is 11.6 Å². The monoisotopic (exact) mass is 286 g/mol. The van der Waals surface area contributed by atoms with Gasteiger partial charge in [-0.2, -0.15) is 0 Å². The van der Waals surface area contributed by atoms with Gasteiger partial charge in [-0.3, -0.25) is 0 Å². The lowest BCUT2D eigenvalue weighted by Gasteiger charge is -2.08. The second-order valence-corrected chi connectivity index (χ2v) is 4.61. The van der Waals surface area contributed by atoms with Gasteiger partial charge in [-0.25, -0.2) is 9.59 Å². The van der Waals surface area contributed by atoms with Crippen LogP contribution in [-0.4, -0.2) is 27.3 Å². The van der Waals surface area contributed by atoms with Crippen LogP contribution in [0, 0.1) is 0 Å². The first-order valence-electron chi connectivity index (χ1n) is 6.35. The Morgan fingerprint density at radius 2 is 1.52 bits per heavy atom. The first-order chi connectivity index (χ1) is 9.99. The minimum absolute atomic E-state index is 0.0229. The van der Waals surface area contributed by atoms with Crippen molar-refractivity contribution in [3.05, 3.63) is 64.7 Å². The molecule has 0 saturated carbocycles. The number of phenolic OH excluding ortho intramolecular Hbond substituents is 1. The molecule has 5 nitrogen and oxygen atoms in total. The molecule has 108 valence electrons. The Bertz CT molecular complexity index is 691. The van der Waals surface area contributed by atoms with E-state index in [-0.39, 0.29) is 16.9 Å². The standard InChI is InChI=1S/C16H14O5/c17-14-4-2-1-3-11(14)7-5-10-6-8-12(15(18)19)9-13(10)16(20)21/h1-4,6,8-9,17H,5,7H2,(H,18,19)(H,20,21). The third kappa shape index (κ3) is 3.39. The Morgan fingerprint density at radius 3 is 2.14 bits per heavy atom. The molecule has 2 aromatic carbocycles. The number of para-hydroxylation sites is 1. The predicted molar refractivity (Wildman–Crippen MR) is 75.9 cm³/mol. The zero-order valence-electron chi connectivity index (χ0n) is 11.1. The maximum absolute atomic E-state index is 11.2. The van der Waals surface area contributed by atoms with Gasteiger partial charge in [0.25, 0.3) is 0 Å². The summed E-state index contributed by atoms with van der Waals surface area (Å²) in [5, 5.41) is 27.8. The molecule has 0 unspecified atom stereocenters. The van der Waals surface area contributed by atoms with Crippen LogP contribution < -0.4 is 0 Å². The van der Waals surface area contributed by atoms with Gasteiger partial charge in [0.15, 0.2) is 0 Å². The summed E-state index contributed by atoms with van der Waals surface area (Å²) in [6.45, 7) is 0. The fourth-order valence-corrected chi connectivity index (χ4v) is 2.12. The summed E-state index contributed by atoms with van der Waals surface area (Å²) in [7, 11) is 0. The van der Waals surface area contributed by atoms with E-state index in [0.29, 0.717) is 18.4 Å². The summed E-state index contributed by atoms with van der Waals surface area (Å²) < 4.78 is 0. The lowest BCUT2D eigenvalue weighted by molar-refractivity contribution is 0.0695. The number of aryl methyl sites for hydroxylation is 2. The van der Waals surface area contributed by atoms with Gasteiger partial charge >= 0.3 is 11.9 Å². The smallest absolute Gasteiger partial charge is 0.335 e. The number of carbonyl (C=O) groups is 2. The summed E-state index contributed by atoms with van der Waals surface area (Å²) in [6.07, 6.45) is 0.873. The van der Waals surface area contributed by atoms with Gasteiger partial charge in [0.2, 0.25) is 0 Å². The number of phenols is 1. The Balaban J connectivity index is 2.26. The number of aromatic hydroxyl groups is 1. The van der Waals surface area contributed by atoms with Gasteiger partial charge in [-0.05, 0) is 42.2 Å². The van der Waals surface area contributed by atoms with Gasteiger partial charge in [0.1, 0.15) is 5.75 Å². The van der Waals surface area contributed by atoms with Crippen LogP contribution in [0.4, 0.5) is 0 Å². The van der Waals surface area contributed by atoms with E-state index < -0.39 is 11.9 Å². The van der Waals surface area contributed by atoms with Crippen molar-refractivity contribution in [2.45, 2.75) is 12.8 Å². The van der Waals surface area contributed by atoms with Crippen molar-refractivity contribution >= 4 is 11.9 Å².